The quantitative estimate of drug-likeness (QED) is 0.0334. The first-order valence-corrected chi connectivity index (χ1v) is 49.7. The predicted molar refractivity (Wildman–Crippen MR) is 517 cm³/mol. The van der Waals surface area contributed by atoms with E-state index < -0.39 is 293 Å². The third-order valence-electron chi connectivity index (χ3n) is 26.9. The van der Waals surface area contributed by atoms with Crippen molar-refractivity contribution >= 4 is 53.3 Å². The number of fused-ring (bicyclic) bond motifs is 4. The molecule has 6 aliphatic rings. The standard InChI is InChI=1S/C52H88N10O15.C47H73NO17/c1-5-28(2)24-29(3)12-10-8-6-7-9-11-13-39(69)56-34-26-38(68)46(55-22-21-54)60-50(75)43-37(67)19-23-61(43)52(77)41(36(66)18-20-53)58-49(74)42(45(71)44(70)31-14-16-32(64)17-15-31)59-48(73)35-25-33(65)27-62(35)51(76)40(30(4)63)57-47(34)72;1-27-17-15-13-11-9-7-5-6-8-10-12-14-16-18-34(64-46-44(58)41(48)43(57)30(4)63-46)24-38-40(45(59)60)37(54)26-47(61,65-38)25-33(51)22-36(53)35(52)20-19-31(49)21-32(50)23-39(55)62-29(3)28(2)42(27)56/h14-17,28-30,33-38,40-46,55,63-68,70-71H,5-13,18-27,53-54H2,1-4H3,(H,56,69)(H,57,72)(H,58,74)(H,59,73)(H,60,75);5-18,27-38,40-44,46,49-54,56-58,61H,19-26,48H2,1-4H3,(H,59,60)/b;6-5+,9-7+,10-8+,13-11+,14-12+,17-15+,18-16+/t28?,29?,30-,33-,34+,35+,36-,37+,38-,40+,41+,42+,43+,44+,45+,46-;27-,28-,29-,30+,31+,32+,33-,34-,35+,36+,37-,38-,40+,41-,42+,43+,44-,46-,47+/m10/s1. The van der Waals surface area contributed by atoms with Gasteiger partial charge in [0.05, 0.1) is 110 Å². The van der Waals surface area contributed by atoms with E-state index in [1.54, 1.807) is 80.7 Å². The largest absolute Gasteiger partial charge is 0.508 e. The summed E-state index contributed by atoms with van der Waals surface area (Å²) in [7, 11) is 0. The molecule has 2 unspecified atom stereocenters. The Balaban J connectivity index is 0.000000441. The molecule has 0 aliphatic carbocycles. The zero-order valence-electron chi connectivity index (χ0n) is 82.5. The highest BCUT2D eigenvalue weighted by molar-refractivity contribution is 5.98. The van der Waals surface area contributed by atoms with E-state index >= 15 is 0 Å². The molecule has 43 nitrogen and oxygen atoms in total. The van der Waals surface area contributed by atoms with E-state index in [0.717, 1.165) is 55.2 Å². The molecule has 2 bridgehead atoms. The lowest BCUT2D eigenvalue weighted by molar-refractivity contribution is -0.308. The number of rotatable bonds is 26. The Morgan fingerprint density at radius 1 is 0.577 bits per heavy atom. The monoisotopic (exact) mass is 2020 g/mol. The fourth-order valence-electron chi connectivity index (χ4n) is 18.2. The molecule has 7 rings (SSSR count). The van der Waals surface area contributed by atoms with E-state index in [4.69, 9.17) is 36.1 Å². The number of carboxylic acid groups (broad SMARTS) is 1. The molecule has 6 heterocycles. The van der Waals surface area contributed by atoms with Crippen LogP contribution >= 0.6 is 0 Å². The van der Waals surface area contributed by atoms with Crippen LogP contribution in [0, 0.1) is 29.6 Å². The zero-order valence-corrected chi connectivity index (χ0v) is 82.5. The molecule has 142 heavy (non-hydrogen) atoms. The maximum atomic E-state index is 14.6. The molecule has 1 aromatic rings. The number of cyclic esters (lactones) is 1. The number of carboxylic acids is 1. The highest BCUT2D eigenvalue weighted by Crippen LogP contribution is 2.39. The van der Waals surface area contributed by atoms with Gasteiger partial charge in [0.2, 0.25) is 41.4 Å². The number of phenolic OH excluding ortho intramolecular Hbond substituents is 1. The lowest BCUT2D eigenvalue weighted by Gasteiger charge is -2.45. The van der Waals surface area contributed by atoms with Crippen molar-refractivity contribution in [3.63, 3.8) is 0 Å². The summed E-state index contributed by atoms with van der Waals surface area (Å²) in [6.45, 7) is 13.5. The molecule has 43 heteroatoms. The maximum absolute atomic E-state index is 14.6. The van der Waals surface area contributed by atoms with Crippen molar-refractivity contribution in [2.24, 2.45) is 46.8 Å². The topological polar surface area (TPSA) is 732 Å². The van der Waals surface area contributed by atoms with Crippen LogP contribution in [0.3, 0.4) is 0 Å². The van der Waals surface area contributed by atoms with Gasteiger partial charge in [0.15, 0.2) is 12.1 Å². The first-order chi connectivity index (χ1) is 67.1. The number of aliphatic carboxylic acids is 1. The molecule has 5 saturated heterocycles. The van der Waals surface area contributed by atoms with E-state index in [-0.39, 0.29) is 88.4 Å². The minimum atomic E-state index is -2.33. The van der Waals surface area contributed by atoms with Gasteiger partial charge in [-0.2, -0.15) is 0 Å². The van der Waals surface area contributed by atoms with E-state index in [1.165, 1.54) is 43.7 Å². The third kappa shape index (κ3) is 39.0. The normalized spacial score (nSPS) is 36.4. The van der Waals surface area contributed by atoms with Gasteiger partial charge in [0.1, 0.15) is 78.5 Å². The number of carbonyl (C=O) groups excluding carboxylic acids is 8. The Labute approximate surface area is 829 Å². The lowest BCUT2D eigenvalue weighted by Crippen LogP contribution is -2.65. The molecule has 0 saturated carbocycles. The predicted octanol–water partition coefficient (Wildman–Crippen LogP) is -2.60. The second-order valence-corrected chi connectivity index (χ2v) is 38.8. The van der Waals surface area contributed by atoms with Crippen molar-refractivity contribution in [1.82, 2.24) is 41.7 Å². The van der Waals surface area contributed by atoms with Gasteiger partial charge in [-0.05, 0) is 102 Å². The van der Waals surface area contributed by atoms with Gasteiger partial charge in [-0.15, -0.1) is 0 Å². The van der Waals surface area contributed by atoms with Gasteiger partial charge >= 0.3 is 11.9 Å². The van der Waals surface area contributed by atoms with Gasteiger partial charge in [-0.25, -0.2) is 0 Å². The summed E-state index contributed by atoms with van der Waals surface area (Å²) in [5.41, 5.74) is 17.5. The number of aliphatic hydroxyl groups is 17. The molecule has 6 aliphatic heterocycles. The number of hydrogen-bond acceptors (Lipinski definition) is 35. The Morgan fingerprint density at radius 3 is 1.79 bits per heavy atom. The molecule has 7 amide bonds. The summed E-state index contributed by atoms with van der Waals surface area (Å²) in [6, 6.07) is -7.55. The summed E-state index contributed by atoms with van der Waals surface area (Å²) in [4.78, 5) is 127. The number of benzene rings is 1. The molecule has 0 aromatic heterocycles. The molecule has 0 spiro atoms. The first kappa shape index (κ1) is 122. The van der Waals surface area contributed by atoms with Crippen LogP contribution in [0.4, 0.5) is 0 Å². The van der Waals surface area contributed by atoms with E-state index in [0.29, 0.717) is 24.7 Å². The Kier molecular flexibility index (Phi) is 52.6. The minimum absolute atomic E-state index is 0.0257. The molecule has 31 N–H and O–H groups in total. The smallest absolute Gasteiger partial charge is 0.311 e. The Bertz CT molecular complexity index is 4270. The van der Waals surface area contributed by atoms with Crippen molar-refractivity contribution < 1.29 is 159 Å². The van der Waals surface area contributed by atoms with Crippen LogP contribution in [0.25, 0.3) is 0 Å². The third-order valence-corrected chi connectivity index (χ3v) is 26.9. The number of phenols is 1. The van der Waals surface area contributed by atoms with Crippen molar-refractivity contribution in [3.8, 4) is 5.75 Å². The van der Waals surface area contributed by atoms with Crippen molar-refractivity contribution in [3.05, 3.63) is 115 Å². The number of aromatic hydroxyl groups is 1. The summed E-state index contributed by atoms with van der Waals surface area (Å²) >= 11 is 0. The molecule has 804 valence electrons. The minimum Gasteiger partial charge on any atom is -0.508 e. The fourth-order valence-corrected chi connectivity index (χ4v) is 18.2. The molecule has 35 atom stereocenters. The summed E-state index contributed by atoms with van der Waals surface area (Å²) in [5.74, 6) is -13.3. The number of unbranched alkanes of at least 4 members (excludes halogenated alkanes) is 5. The number of allylic oxidation sites excluding steroid dienone is 12. The van der Waals surface area contributed by atoms with E-state index in [1.807, 2.05) is 19.1 Å². The number of aliphatic hydroxyl groups excluding tert-OH is 16. The number of nitrogens with two attached hydrogens (primary N) is 3. The van der Waals surface area contributed by atoms with Gasteiger partial charge in [0.25, 0.3) is 0 Å². The highest BCUT2D eigenvalue weighted by Gasteiger charge is 2.54. The SMILES string of the molecule is CCC(C)CC(C)CCCCCCCCC(=O)N[C@H]1C[C@@H](O)[C@H](NCCN)NC(=O)[C@@H]2[C@@H](O)CCN2C(=O)[C@H]([C@H](O)CCN)NC(=O)[C@H]([C@H](O)[C@@H](O)c2ccc(O)cc2)NC(=O)[C@@H]2C[C@@H](O)CN2C(=O)[C@H]([C@@H](C)O)NC1=O.C[C@@H]1[C@H](O)[C@@H](C)/C=C/C=C/C=C/C=C/C=C/C=C/C=C/[C@H](O[C@@H]2O[C@H](C)[C@@H](O)[C@H](N)[C@@H]2O)C[C@@H]2O[C@](O)(C[C@@H](O)C[C@@H](O)[C@H](O)CC[C@@H](O)C[C@@H](O)CC(=O)O[C@H]1C)C[C@H](O)[C@H]2C(=O)O. The highest BCUT2D eigenvalue weighted by atomic mass is 16.7. The van der Waals surface area contributed by atoms with Crippen LogP contribution in [-0.4, -0.2) is 369 Å². The van der Waals surface area contributed by atoms with Gasteiger partial charge in [-0.1, -0.05) is 177 Å². The van der Waals surface area contributed by atoms with Crippen molar-refractivity contribution in [2.45, 2.75) is 379 Å². The van der Waals surface area contributed by atoms with Crippen LogP contribution in [0.5, 0.6) is 5.75 Å². The van der Waals surface area contributed by atoms with E-state index in [9.17, 15) is 140 Å². The first-order valence-electron chi connectivity index (χ1n) is 49.7. The number of esters is 1. The van der Waals surface area contributed by atoms with E-state index in [2.05, 4.69) is 52.7 Å². The van der Waals surface area contributed by atoms with Gasteiger partial charge in [-0.3, -0.25) is 48.5 Å². The molecule has 5 fully saturated rings. The van der Waals surface area contributed by atoms with Crippen LogP contribution in [0.2, 0.25) is 0 Å². The summed E-state index contributed by atoms with van der Waals surface area (Å²) in [5, 5.41) is 223. The summed E-state index contributed by atoms with van der Waals surface area (Å²) in [6.07, 6.45) is -3.49. The van der Waals surface area contributed by atoms with Crippen molar-refractivity contribution in [2.75, 3.05) is 32.7 Å². The number of nitrogens with one attached hydrogen (secondary N) is 6. The zero-order chi connectivity index (χ0) is 106. The Morgan fingerprint density at radius 2 is 1.18 bits per heavy atom. The number of ether oxygens (including phenoxy) is 4. The van der Waals surface area contributed by atoms with Crippen LogP contribution in [0.1, 0.15) is 208 Å². The maximum Gasteiger partial charge on any atom is 0.311 e. The molecule has 1 aromatic carbocycles. The average Bonchev–Trinajstić information content (AvgIpc) is 1.18. The lowest BCUT2D eigenvalue weighted by atomic mass is 9.82. The number of nitrogens with zero attached hydrogens (tertiary/aromatic N) is 2. The van der Waals surface area contributed by atoms with Crippen LogP contribution < -0.4 is 49.1 Å². The number of amides is 7. The second-order valence-electron chi connectivity index (χ2n) is 38.8. The molecular weight excluding hydrogens is 1860 g/mol. The number of hydrogen-bond donors (Lipinski definition) is 28. The van der Waals surface area contributed by atoms with Crippen LogP contribution in [0.15, 0.2) is 109 Å². The average molecular weight is 2020 g/mol. The van der Waals surface area contributed by atoms with Crippen LogP contribution in [-0.2, 0) is 62.1 Å². The van der Waals surface area contributed by atoms with Crippen molar-refractivity contribution in [1.29, 1.82) is 0 Å². The fraction of sp³-hybridized carbons (Fsp3) is 0.707. The van der Waals surface area contributed by atoms with Gasteiger partial charge < -0.3 is 170 Å². The second kappa shape index (κ2) is 61.2. The number of carbonyl (C=O) groups is 9. The summed E-state index contributed by atoms with van der Waals surface area (Å²) < 4.78 is 23.1. The molecular formula is C99H161N11O32. The van der Waals surface area contributed by atoms with Gasteiger partial charge in [0, 0.05) is 83.0 Å². The Hall–Kier alpha value is -8.53. The molecule has 0 radical (unpaired) electrons.